The number of rotatable bonds is 6. The second-order valence-electron chi connectivity index (χ2n) is 5.76. The molecule has 0 spiro atoms. The summed E-state index contributed by atoms with van der Waals surface area (Å²) in [6, 6.07) is 4.46. The molecule has 0 amide bonds. The molecule has 0 saturated carbocycles. The van der Waals surface area contributed by atoms with E-state index in [0.29, 0.717) is 17.9 Å². The lowest BCUT2D eigenvalue weighted by Crippen LogP contribution is -2.16. The molecule has 1 rings (SSSR count). The van der Waals surface area contributed by atoms with Gasteiger partial charge in [-0.2, -0.15) is 13.2 Å². The van der Waals surface area contributed by atoms with Crippen molar-refractivity contribution in [3.8, 4) is 5.75 Å². The van der Waals surface area contributed by atoms with Crippen LogP contribution in [0.15, 0.2) is 18.2 Å². The van der Waals surface area contributed by atoms with Crippen LogP contribution in [0, 0.1) is 5.92 Å². The van der Waals surface area contributed by atoms with Gasteiger partial charge >= 0.3 is 6.18 Å². The zero-order valence-corrected chi connectivity index (χ0v) is 13.4. The minimum atomic E-state index is -4.39. The number of hydrogen-bond acceptors (Lipinski definition) is 1. The molecule has 0 bridgehead atoms. The van der Waals surface area contributed by atoms with Gasteiger partial charge in [0.15, 0.2) is 0 Å². The Labute approximate surface area is 125 Å². The smallest absolute Gasteiger partial charge is 0.419 e. The van der Waals surface area contributed by atoms with Crippen LogP contribution in [-0.2, 0) is 6.18 Å². The second-order valence-corrected chi connectivity index (χ2v) is 5.76. The van der Waals surface area contributed by atoms with Crippen molar-refractivity contribution in [1.82, 2.24) is 0 Å². The average Bonchev–Trinajstić information content (AvgIpc) is 2.44. The van der Waals surface area contributed by atoms with Crippen LogP contribution >= 0.6 is 0 Å². The number of alkyl halides is 3. The van der Waals surface area contributed by atoms with Gasteiger partial charge in [-0.3, -0.25) is 0 Å². The molecular weight excluding hydrogens is 277 g/mol. The third kappa shape index (κ3) is 4.65. The molecule has 0 aliphatic rings. The fraction of sp³-hybridized carbons (Fsp3) is 0.647. The first-order chi connectivity index (χ1) is 9.70. The number of ether oxygens (including phenoxy) is 1. The Balaban J connectivity index is 3.19. The molecule has 3 unspecified atom stereocenters. The molecule has 0 aliphatic heterocycles. The fourth-order valence-corrected chi connectivity index (χ4v) is 2.14. The van der Waals surface area contributed by atoms with Gasteiger partial charge in [0, 0.05) is 0 Å². The van der Waals surface area contributed by atoms with Gasteiger partial charge in [-0.15, -0.1) is 0 Å². The minimum Gasteiger partial charge on any atom is -0.490 e. The monoisotopic (exact) mass is 302 g/mol. The summed E-state index contributed by atoms with van der Waals surface area (Å²) in [5.41, 5.74) is 0.0450. The summed E-state index contributed by atoms with van der Waals surface area (Å²) in [5.74, 6) is 0.359. The zero-order valence-electron chi connectivity index (χ0n) is 13.4. The Morgan fingerprint density at radius 2 is 1.67 bits per heavy atom. The van der Waals surface area contributed by atoms with Crippen LogP contribution in [-0.4, -0.2) is 6.10 Å². The van der Waals surface area contributed by atoms with E-state index >= 15 is 0 Å². The molecule has 0 N–H and O–H groups in total. The van der Waals surface area contributed by atoms with Gasteiger partial charge in [-0.05, 0) is 42.9 Å². The highest BCUT2D eigenvalue weighted by molar-refractivity contribution is 5.40. The lowest BCUT2D eigenvalue weighted by molar-refractivity contribution is -0.139. The van der Waals surface area contributed by atoms with Crippen LogP contribution in [0.5, 0.6) is 5.75 Å². The van der Waals surface area contributed by atoms with E-state index < -0.39 is 11.7 Å². The van der Waals surface area contributed by atoms with Crippen LogP contribution in [0.3, 0.4) is 0 Å². The highest BCUT2D eigenvalue weighted by Crippen LogP contribution is 2.39. The van der Waals surface area contributed by atoms with Gasteiger partial charge < -0.3 is 4.74 Å². The van der Waals surface area contributed by atoms with E-state index in [1.807, 2.05) is 20.8 Å². The predicted molar refractivity (Wildman–Crippen MR) is 79.7 cm³/mol. The van der Waals surface area contributed by atoms with E-state index in [1.54, 1.807) is 13.0 Å². The van der Waals surface area contributed by atoms with E-state index in [0.717, 1.165) is 6.42 Å². The molecule has 0 aliphatic carbocycles. The Hall–Kier alpha value is -1.19. The molecule has 0 aromatic heterocycles. The first-order valence-electron chi connectivity index (χ1n) is 7.58. The molecule has 0 radical (unpaired) electrons. The summed E-state index contributed by atoms with van der Waals surface area (Å²) in [7, 11) is 0. The summed E-state index contributed by atoms with van der Waals surface area (Å²) in [4.78, 5) is 0. The van der Waals surface area contributed by atoms with Crippen molar-refractivity contribution in [1.29, 1.82) is 0 Å². The maximum absolute atomic E-state index is 13.2. The van der Waals surface area contributed by atoms with E-state index in [-0.39, 0.29) is 17.8 Å². The first kappa shape index (κ1) is 17.9. The maximum Gasteiger partial charge on any atom is 0.419 e. The van der Waals surface area contributed by atoms with Crippen molar-refractivity contribution in [2.45, 2.75) is 65.7 Å². The van der Waals surface area contributed by atoms with Gasteiger partial charge in [0.05, 0.1) is 11.7 Å². The molecule has 21 heavy (non-hydrogen) atoms. The summed E-state index contributed by atoms with van der Waals surface area (Å²) in [6.07, 6.45) is -3.02. The van der Waals surface area contributed by atoms with Crippen LogP contribution < -0.4 is 4.74 Å². The van der Waals surface area contributed by atoms with E-state index in [2.05, 4.69) is 6.92 Å². The normalized spacial score (nSPS) is 16.4. The highest BCUT2D eigenvalue weighted by atomic mass is 19.4. The second kappa shape index (κ2) is 7.19. The molecule has 0 heterocycles. The lowest BCUT2D eigenvalue weighted by atomic mass is 9.86. The molecule has 120 valence electrons. The maximum atomic E-state index is 13.2. The topological polar surface area (TPSA) is 9.23 Å². The van der Waals surface area contributed by atoms with Crippen molar-refractivity contribution >= 4 is 0 Å². The third-order valence-electron chi connectivity index (χ3n) is 4.24. The summed E-state index contributed by atoms with van der Waals surface area (Å²) >= 11 is 0. The molecular formula is C17H25F3O. The van der Waals surface area contributed by atoms with Gasteiger partial charge in [0.2, 0.25) is 0 Å². The van der Waals surface area contributed by atoms with Crippen molar-refractivity contribution in [2.24, 2.45) is 5.92 Å². The molecule has 0 saturated heterocycles. The summed E-state index contributed by atoms with van der Waals surface area (Å²) in [6.45, 7) is 9.74. The van der Waals surface area contributed by atoms with Crippen molar-refractivity contribution in [2.75, 3.05) is 0 Å². The van der Waals surface area contributed by atoms with Crippen LogP contribution in [0.25, 0.3) is 0 Å². The van der Waals surface area contributed by atoms with E-state index in [9.17, 15) is 13.2 Å². The van der Waals surface area contributed by atoms with Crippen molar-refractivity contribution in [3.05, 3.63) is 29.3 Å². The van der Waals surface area contributed by atoms with E-state index in [1.165, 1.54) is 12.1 Å². The Morgan fingerprint density at radius 1 is 1.05 bits per heavy atom. The lowest BCUT2D eigenvalue weighted by Gasteiger charge is -2.22. The minimum absolute atomic E-state index is 0.0723. The Morgan fingerprint density at radius 3 is 2.14 bits per heavy atom. The summed E-state index contributed by atoms with van der Waals surface area (Å²) in [5, 5.41) is 0. The number of hydrogen-bond donors (Lipinski definition) is 0. The Kier molecular flexibility index (Phi) is 6.11. The van der Waals surface area contributed by atoms with Gasteiger partial charge in [0.1, 0.15) is 5.75 Å². The van der Waals surface area contributed by atoms with Gasteiger partial charge in [0.25, 0.3) is 0 Å². The van der Waals surface area contributed by atoms with Crippen molar-refractivity contribution in [3.63, 3.8) is 0 Å². The molecule has 4 heteroatoms. The molecule has 3 atom stereocenters. The molecule has 1 nitrogen and oxygen atoms in total. The fourth-order valence-electron chi connectivity index (χ4n) is 2.14. The zero-order chi connectivity index (χ0) is 16.2. The van der Waals surface area contributed by atoms with Crippen LogP contribution in [0.4, 0.5) is 13.2 Å². The average molecular weight is 302 g/mol. The largest absolute Gasteiger partial charge is 0.490 e. The number of benzene rings is 1. The van der Waals surface area contributed by atoms with Crippen LogP contribution in [0.2, 0.25) is 0 Å². The summed E-state index contributed by atoms with van der Waals surface area (Å²) < 4.78 is 45.2. The van der Waals surface area contributed by atoms with E-state index in [4.69, 9.17) is 4.74 Å². The quantitative estimate of drug-likeness (QED) is 0.623. The van der Waals surface area contributed by atoms with Crippen LogP contribution in [0.1, 0.15) is 64.5 Å². The first-order valence-corrected chi connectivity index (χ1v) is 7.58. The number of halogens is 3. The molecule has 1 aromatic rings. The molecule has 0 fully saturated rings. The van der Waals surface area contributed by atoms with Crippen molar-refractivity contribution < 1.29 is 17.9 Å². The molecule has 1 aromatic carbocycles. The third-order valence-corrected chi connectivity index (χ3v) is 4.24. The standard InChI is InChI=1S/C17H25F3O/c1-6-11(3)13(5)14-8-9-16(21-12(4)7-2)15(10-14)17(18,19)20/h8-13H,6-7H2,1-5H3. The van der Waals surface area contributed by atoms with Gasteiger partial charge in [-0.1, -0.05) is 40.2 Å². The Bertz CT molecular complexity index is 454. The SMILES string of the molecule is CCC(C)Oc1ccc(C(C)C(C)CC)cc1C(F)(F)F. The highest BCUT2D eigenvalue weighted by Gasteiger charge is 2.35. The predicted octanol–water partition coefficient (Wildman–Crippen LogP) is 6.03. The van der Waals surface area contributed by atoms with Gasteiger partial charge in [-0.25, -0.2) is 0 Å².